The first-order valence-corrected chi connectivity index (χ1v) is 13.9. The molecular weight excluding hydrogens is 516 g/mol. The number of hydrogen-bond donors (Lipinski definition) is 5. The van der Waals surface area contributed by atoms with Crippen LogP contribution in [0.4, 0.5) is 9.59 Å². The van der Waals surface area contributed by atoms with E-state index in [-0.39, 0.29) is 31.8 Å². The molecule has 12 nitrogen and oxygen atoms in total. The molecule has 2 fully saturated rings. The fraction of sp³-hybridized carbons (Fsp3) is 0.571. The van der Waals surface area contributed by atoms with E-state index in [2.05, 4.69) is 21.0 Å². The van der Waals surface area contributed by atoms with Crippen molar-refractivity contribution in [2.24, 2.45) is 17.6 Å². The van der Waals surface area contributed by atoms with Gasteiger partial charge >= 0.3 is 12.1 Å². The van der Waals surface area contributed by atoms with Crippen molar-refractivity contribution in [2.45, 2.75) is 64.1 Å². The van der Waals surface area contributed by atoms with E-state index in [9.17, 15) is 19.2 Å². The number of carbonyl (C=O) groups excluding carboxylic acids is 3. The summed E-state index contributed by atoms with van der Waals surface area (Å²) >= 11 is 0. The maximum absolute atomic E-state index is 13.4. The molecule has 0 unspecified atom stereocenters. The normalized spacial score (nSPS) is 15.8. The minimum Gasteiger partial charge on any atom is -0.449 e. The van der Waals surface area contributed by atoms with Gasteiger partial charge in [-0.2, -0.15) is 4.68 Å². The van der Waals surface area contributed by atoms with Crippen molar-refractivity contribution in [1.82, 2.24) is 25.7 Å². The zero-order chi connectivity index (χ0) is 28.7. The number of amides is 3. The lowest BCUT2D eigenvalue weighted by molar-refractivity contribution is -0.126. The molecule has 1 aromatic carbocycles. The summed E-state index contributed by atoms with van der Waals surface area (Å²) in [4.78, 5) is 51.3. The molecule has 0 radical (unpaired) electrons. The summed E-state index contributed by atoms with van der Waals surface area (Å²) < 4.78 is 12.1. The van der Waals surface area contributed by atoms with E-state index in [1.165, 1.54) is 0 Å². The third kappa shape index (κ3) is 8.68. The predicted octanol–water partition coefficient (Wildman–Crippen LogP) is 1.93. The number of benzene rings is 1. The van der Waals surface area contributed by atoms with Crippen molar-refractivity contribution in [3.05, 3.63) is 57.5 Å². The second-order valence-electron chi connectivity index (χ2n) is 11.2. The fourth-order valence-electron chi connectivity index (χ4n) is 4.05. The van der Waals surface area contributed by atoms with Gasteiger partial charge in [0.15, 0.2) is 0 Å². The largest absolute Gasteiger partial charge is 0.449 e. The molecule has 218 valence electrons. The summed E-state index contributed by atoms with van der Waals surface area (Å²) in [5.74, 6) is 0.452. The maximum atomic E-state index is 13.4. The first-order valence-electron chi connectivity index (χ1n) is 13.9. The van der Waals surface area contributed by atoms with Crippen LogP contribution in [0.25, 0.3) is 0 Å². The second-order valence-corrected chi connectivity index (χ2v) is 11.2. The number of nitrogens with two attached hydrogens (primary N) is 1. The molecule has 1 atom stereocenters. The molecule has 4 rings (SSSR count). The molecule has 1 aromatic heterocycles. The van der Waals surface area contributed by atoms with E-state index < -0.39 is 35.2 Å². The van der Waals surface area contributed by atoms with Crippen molar-refractivity contribution in [3.63, 3.8) is 0 Å². The number of aromatic amines is 1. The zero-order valence-corrected chi connectivity index (χ0v) is 23.2. The van der Waals surface area contributed by atoms with Crippen LogP contribution >= 0.6 is 0 Å². The standard InChI is InChI=1S/C28H40N6O6/c1-28(2,29)25(36)32-22(17-39-16-20-6-4-3-5-7-20)23-21(12-13-40-27(38)31-15-19-10-11-19)24(35)34(33-23)26(37)30-14-18-8-9-18/h3-7,18-19,22,33H,8-17,29H2,1-2H3,(H,30,37)(H,31,38)(H,32,36)/t22-/m0/s1. The zero-order valence-electron chi connectivity index (χ0n) is 23.2. The summed E-state index contributed by atoms with van der Waals surface area (Å²) in [6, 6.07) is 8.09. The van der Waals surface area contributed by atoms with Crippen LogP contribution in [-0.2, 0) is 27.3 Å². The molecule has 12 heteroatoms. The maximum Gasteiger partial charge on any atom is 0.407 e. The van der Waals surface area contributed by atoms with Gasteiger partial charge in [-0.05, 0) is 56.9 Å². The molecular formula is C28H40N6O6. The Morgan fingerprint density at radius 1 is 1.07 bits per heavy atom. The Hall–Kier alpha value is -3.64. The molecule has 0 spiro atoms. The van der Waals surface area contributed by atoms with Gasteiger partial charge in [0.25, 0.3) is 5.56 Å². The predicted molar refractivity (Wildman–Crippen MR) is 148 cm³/mol. The molecule has 0 bridgehead atoms. The molecule has 6 N–H and O–H groups in total. The quantitative estimate of drug-likeness (QED) is 0.237. The number of H-pyrrole nitrogens is 1. The lowest BCUT2D eigenvalue weighted by Gasteiger charge is -2.24. The van der Waals surface area contributed by atoms with E-state index in [0.717, 1.165) is 35.9 Å². The molecule has 1 heterocycles. The van der Waals surface area contributed by atoms with Crippen molar-refractivity contribution in [1.29, 1.82) is 0 Å². The third-order valence-corrected chi connectivity index (χ3v) is 6.91. The summed E-state index contributed by atoms with van der Waals surface area (Å²) in [6.07, 6.45) is 3.73. The Morgan fingerprint density at radius 3 is 2.35 bits per heavy atom. The van der Waals surface area contributed by atoms with Gasteiger partial charge in [-0.1, -0.05) is 30.3 Å². The van der Waals surface area contributed by atoms with Crippen LogP contribution in [0.3, 0.4) is 0 Å². The molecule has 0 aliphatic heterocycles. The van der Waals surface area contributed by atoms with Gasteiger partial charge in [0, 0.05) is 25.1 Å². The van der Waals surface area contributed by atoms with Crippen molar-refractivity contribution in [2.75, 3.05) is 26.3 Å². The number of ether oxygens (including phenoxy) is 2. The van der Waals surface area contributed by atoms with Gasteiger partial charge < -0.3 is 31.2 Å². The number of aromatic nitrogens is 2. The average Bonchev–Trinajstić information content (AvgIpc) is 3.85. The number of nitrogens with one attached hydrogen (secondary N) is 4. The molecule has 2 aliphatic rings. The van der Waals surface area contributed by atoms with Crippen LogP contribution in [0.15, 0.2) is 35.1 Å². The van der Waals surface area contributed by atoms with E-state index >= 15 is 0 Å². The highest BCUT2D eigenvalue weighted by Crippen LogP contribution is 2.28. The molecule has 2 aromatic rings. The summed E-state index contributed by atoms with van der Waals surface area (Å²) in [7, 11) is 0. The molecule has 40 heavy (non-hydrogen) atoms. The van der Waals surface area contributed by atoms with E-state index in [1.807, 2.05) is 30.3 Å². The highest BCUT2D eigenvalue weighted by atomic mass is 16.5. The Labute approximate surface area is 233 Å². The Bertz CT molecular complexity index is 1230. The Kier molecular flexibility index (Phi) is 9.64. The van der Waals surface area contributed by atoms with Crippen LogP contribution in [0.5, 0.6) is 0 Å². The van der Waals surface area contributed by atoms with Crippen LogP contribution in [0.2, 0.25) is 0 Å². The van der Waals surface area contributed by atoms with Gasteiger partial charge in [-0.15, -0.1) is 0 Å². The number of carbonyl (C=O) groups is 3. The van der Waals surface area contributed by atoms with Crippen LogP contribution in [-0.4, -0.2) is 59.7 Å². The molecule has 2 saturated carbocycles. The van der Waals surface area contributed by atoms with E-state index in [0.29, 0.717) is 30.6 Å². The van der Waals surface area contributed by atoms with Crippen molar-refractivity contribution < 1.29 is 23.9 Å². The van der Waals surface area contributed by atoms with Gasteiger partial charge in [0.2, 0.25) is 5.91 Å². The topological polar surface area (TPSA) is 170 Å². The molecule has 2 aliphatic carbocycles. The monoisotopic (exact) mass is 556 g/mol. The summed E-state index contributed by atoms with van der Waals surface area (Å²) in [6.45, 7) is 4.35. The fourth-order valence-corrected chi connectivity index (χ4v) is 4.05. The number of alkyl carbamates (subject to hydrolysis) is 1. The van der Waals surface area contributed by atoms with Crippen molar-refractivity contribution >= 4 is 18.0 Å². The van der Waals surface area contributed by atoms with Gasteiger partial charge in [0.1, 0.15) is 0 Å². The average molecular weight is 557 g/mol. The van der Waals surface area contributed by atoms with Crippen LogP contribution < -0.4 is 27.2 Å². The Morgan fingerprint density at radius 2 is 1.73 bits per heavy atom. The van der Waals surface area contributed by atoms with E-state index in [1.54, 1.807) is 13.8 Å². The van der Waals surface area contributed by atoms with Gasteiger partial charge in [-0.3, -0.25) is 14.7 Å². The first kappa shape index (κ1) is 29.3. The summed E-state index contributed by atoms with van der Waals surface area (Å²) in [5.41, 5.74) is 5.68. The minimum atomic E-state index is -1.20. The summed E-state index contributed by atoms with van der Waals surface area (Å²) in [5, 5.41) is 11.2. The molecule has 3 amide bonds. The van der Waals surface area contributed by atoms with Crippen LogP contribution in [0.1, 0.15) is 62.4 Å². The van der Waals surface area contributed by atoms with E-state index in [4.69, 9.17) is 15.2 Å². The highest BCUT2D eigenvalue weighted by Gasteiger charge is 2.31. The lowest BCUT2D eigenvalue weighted by atomic mass is 10.0. The smallest absolute Gasteiger partial charge is 0.407 e. The van der Waals surface area contributed by atoms with Crippen molar-refractivity contribution in [3.8, 4) is 0 Å². The Balaban J connectivity index is 1.53. The lowest BCUT2D eigenvalue weighted by Crippen LogP contribution is -2.50. The number of nitrogens with zero attached hydrogens (tertiary/aromatic N) is 1. The van der Waals surface area contributed by atoms with Gasteiger partial charge in [-0.25, -0.2) is 9.59 Å². The first-order chi connectivity index (χ1) is 19.1. The number of rotatable bonds is 14. The molecule has 0 saturated heterocycles. The minimum absolute atomic E-state index is 0.00388. The third-order valence-electron chi connectivity index (χ3n) is 6.91. The highest BCUT2D eigenvalue weighted by molar-refractivity contribution is 5.85. The number of hydrogen-bond acceptors (Lipinski definition) is 7. The second kappa shape index (κ2) is 13.1. The van der Waals surface area contributed by atoms with Gasteiger partial charge in [0.05, 0.1) is 37.1 Å². The van der Waals surface area contributed by atoms with Crippen LogP contribution in [0, 0.1) is 11.8 Å². The SMILES string of the molecule is CC(C)(N)C(=O)N[C@@H](COCc1ccccc1)c1[nH]n(C(=O)NCC2CC2)c(=O)c1CCOC(=O)NCC1CC1.